The van der Waals surface area contributed by atoms with Gasteiger partial charge in [-0.25, -0.2) is 8.42 Å². The van der Waals surface area contributed by atoms with Crippen molar-refractivity contribution in [3.63, 3.8) is 0 Å². The van der Waals surface area contributed by atoms with Crippen LogP contribution < -0.4 is 16.4 Å². The highest BCUT2D eigenvalue weighted by molar-refractivity contribution is 7.92. The number of aromatic nitrogens is 2. The molecule has 1 amide bonds. The maximum Gasteiger partial charge on any atom is 0.501 e. The lowest BCUT2D eigenvalue weighted by atomic mass is 9.88. The number of primary amides is 1. The molecular formula is C24H29F3N6O3S. The van der Waals surface area contributed by atoms with Crippen LogP contribution in [-0.4, -0.2) is 47.4 Å². The molecule has 0 spiro atoms. The minimum absolute atomic E-state index is 0.0579. The van der Waals surface area contributed by atoms with Crippen molar-refractivity contribution >= 4 is 33.0 Å². The molecule has 1 aromatic carbocycles. The normalized spacial score (nSPS) is 22.9. The molecule has 2 aromatic rings. The highest BCUT2D eigenvalue weighted by Crippen LogP contribution is 2.45. The van der Waals surface area contributed by atoms with Crippen LogP contribution in [0.15, 0.2) is 35.4 Å². The monoisotopic (exact) mass is 538 g/mol. The number of benzene rings is 1. The van der Waals surface area contributed by atoms with Crippen molar-refractivity contribution in [1.29, 1.82) is 5.41 Å². The van der Waals surface area contributed by atoms with E-state index in [9.17, 15) is 26.4 Å². The number of sulfone groups is 1. The maximum absolute atomic E-state index is 12.8. The quantitative estimate of drug-likeness (QED) is 0.381. The molecule has 3 saturated carbocycles. The van der Waals surface area contributed by atoms with Gasteiger partial charge in [-0.05, 0) is 74.6 Å². The Morgan fingerprint density at radius 3 is 2.22 bits per heavy atom. The summed E-state index contributed by atoms with van der Waals surface area (Å²) in [4.78, 5) is 11.2. The number of nitrogens with zero attached hydrogens (tertiary/aromatic N) is 2. The van der Waals surface area contributed by atoms with Gasteiger partial charge in [0.2, 0.25) is 0 Å². The van der Waals surface area contributed by atoms with Crippen LogP contribution in [0.25, 0.3) is 0 Å². The Bertz CT molecular complexity index is 1290. The number of alkyl halides is 3. The Morgan fingerprint density at radius 2 is 1.70 bits per heavy atom. The van der Waals surface area contributed by atoms with Gasteiger partial charge >= 0.3 is 5.51 Å². The topological polar surface area (TPSA) is 143 Å². The molecule has 3 aliphatic rings. The number of nitrogens with one attached hydrogen (secondary N) is 3. The summed E-state index contributed by atoms with van der Waals surface area (Å²) in [6, 6.07) is 4.40. The van der Waals surface area contributed by atoms with Crippen LogP contribution in [-0.2, 0) is 9.84 Å². The number of nitrogens with two attached hydrogens (primary N) is 1. The van der Waals surface area contributed by atoms with E-state index in [4.69, 9.17) is 11.1 Å². The van der Waals surface area contributed by atoms with E-state index >= 15 is 0 Å². The molecule has 1 heterocycles. The number of hydrogen-bond donors (Lipinski definition) is 4. The Hall–Kier alpha value is -2.93. The van der Waals surface area contributed by atoms with Gasteiger partial charge in [-0.1, -0.05) is 0 Å². The lowest BCUT2D eigenvalue weighted by Gasteiger charge is -2.33. The summed E-state index contributed by atoms with van der Waals surface area (Å²) in [5.41, 5.74) is 0.896. The first-order valence-electron chi connectivity index (χ1n) is 12.3. The molecule has 9 nitrogen and oxygen atoms in total. The standard InChI is InChI=1S/C24H29F3N6O3S/c25-24(26,27)37(35,36)17-8-5-15(6-9-17)31-23-18(22(29)34)12-33(32-23)20-10-7-16(11-19(20)28)30-21(13-1-2-13)14-3-4-14/h5-6,8-9,12-14,16,20-21,28,30H,1-4,7,10-11H2,(H2,29,34)(H,31,32)/t16-,20+/m1/s1. The Labute approximate surface area is 212 Å². The van der Waals surface area contributed by atoms with Crippen molar-refractivity contribution in [2.75, 3.05) is 5.32 Å². The number of halogens is 3. The second kappa shape index (κ2) is 9.43. The number of anilines is 2. The van der Waals surface area contributed by atoms with Crippen molar-refractivity contribution in [1.82, 2.24) is 15.1 Å². The second-order valence-electron chi connectivity index (χ2n) is 10.2. The largest absolute Gasteiger partial charge is 0.501 e. The lowest BCUT2D eigenvalue weighted by Crippen LogP contribution is -2.45. The lowest BCUT2D eigenvalue weighted by molar-refractivity contribution is -0.0436. The summed E-state index contributed by atoms with van der Waals surface area (Å²) in [6.45, 7) is 0. The Kier molecular flexibility index (Phi) is 6.55. The highest BCUT2D eigenvalue weighted by atomic mass is 32.2. The fraction of sp³-hybridized carbons (Fsp3) is 0.542. The number of carbonyl (C=O) groups is 1. The van der Waals surface area contributed by atoms with Crippen LogP contribution in [0.1, 0.15) is 61.3 Å². The third-order valence-electron chi connectivity index (χ3n) is 7.39. The summed E-state index contributed by atoms with van der Waals surface area (Å²) in [5, 5.41) is 19.7. The van der Waals surface area contributed by atoms with E-state index in [0.717, 1.165) is 42.5 Å². The summed E-state index contributed by atoms with van der Waals surface area (Å²) in [7, 11) is -5.47. The molecule has 2 atom stereocenters. The molecule has 5 rings (SSSR count). The highest BCUT2D eigenvalue weighted by Gasteiger charge is 2.47. The van der Waals surface area contributed by atoms with Crippen LogP contribution in [0.4, 0.5) is 24.7 Å². The molecule has 0 bridgehead atoms. The smallest absolute Gasteiger partial charge is 0.365 e. The molecule has 1 aromatic heterocycles. The van der Waals surface area contributed by atoms with Crippen LogP contribution >= 0.6 is 0 Å². The third-order valence-corrected chi connectivity index (χ3v) is 8.90. The van der Waals surface area contributed by atoms with Crippen molar-refractivity contribution in [3.8, 4) is 0 Å². The molecule has 3 aliphatic carbocycles. The zero-order valence-electron chi connectivity index (χ0n) is 20.0. The fourth-order valence-corrected chi connectivity index (χ4v) is 5.88. The van der Waals surface area contributed by atoms with E-state index in [0.29, 0.717) is 24.6 Å². The minimum Gasteiger partial charge on any atom is -0.365 e. The van der Waals surface area contributed by atoms with Crippen molar-refractivity contribution < 1.29 is 26.4 Å². The molecule has 0 saturated heterocycles. The maximum atomic E-state index is 12.8. The van der Waals surface area contributed by atoms with Gasteiger partial charge in [-0.3, -0.25) is 9.48 Å². The van der Waals surface area contributed by atoms with E-state index in [-0.39, 0.29) is 29.2 Å². The van der Waals surface area contributed by atoms with E-state index in [1.54, 1.807) is 0 Å². The summed E-state index contributed by atoms with van der Waals surface area (Å²) >= 11 is 0. The number of rotatable bonds is 9. The molecule has 0 unspecified atom stereocenters. The molecule has 200 valence electrons. The van der Waals surface area contributed by atoms with Gasteiger partial charge < -0.3 is 21.8 Å². The second-order valence-corrected chi connectivity index (χ2v) is 12.2. The van der Waals surface area contributed by atoms with Gasteiger partial charge in [0.1, 0.15) is 5.56 Å². The van der Waals surface area contributed by atoms with E-state index in [2.05, 4.69) is 15.7 Å². The number of hydrogen-bond acceptors (Lipinski definition) is 7. The van der Waals surface area contributed by atoms with Gasteiger partial charge in [0.25, 0.3) is 15.7 Å². The van der Waals surface area contributed by atoms with Gasteiger partial charge in [0, 0.05) is 36.1 Å². The molecule has 0 radical (unpaired) electrons. The molecule has 13 heteroatoms. The van der Waals surface area contributed by atoms with Gasteiger partial charge in [-0.15, -0.1) is 0 Å². The van der Waals surface area contributed by atoms with E-state index in [1.807, 2.05) is 0 Å². The zero-order valence-corrected chi connectivity index (χ0v) is 20.8. The van der Waals surface area contributed by atoms with Crippen LogP contribution in [0, 0.1) is 17.2 Å². The van der Waals surface area contributed by atoms with Gasteiger partial charge in [-0.2, -0.15) is 18.3 Å². The molecule has 5 N–H and O–H groups in total. The predicted molar refractivity (Wildman–Crippen MR) is 130 cm³/mol. The van der Waals surface area contributed by atoms with E-state index < -0.39 is 26.1 Å². The molecule has 37 heavy (non-hydrogen) atoms. The zero-order chi connectivity index (χ0) is 26.5. The summed E-state index contributed by atoms with van der Waals surface area (Å²) in [6.07, 6.45) is 8.71. The Balaban J connectivity index is 1.28. The molecular weight excluding hydrogens is 509 g/mol. The fourth-order valence-electron chi connectivity index (χ4n) is 5.12. The number of carbonyl (C=O) groups excluding carboxylic acids is 1. The van der Waals surface area contributed by atoms with Crippen LogP contribution in [0.3, 0.4) is 0 Å². The van der Waals surface area contributed by atoms with Crippen molar-refractivity contribution in [3.05, 3.63) is 36.0 Å². The van der Waals surface area contributed by atoms with Crippen LogP contribution in [0.5, 0.6) is 0 Å². The average molecular weight is 539 g/mol. The first-order valence-corrected chi connectivity index (χ1v) is 13.8. The SMILES string of the molecule is N=C1C[C@H](NC(C2CC2)C2CC2)CC[C@@H]1n1cc(C(N)=O)c(Nc2ccc(S(=O)(=O)C(F)(F)F)cc2)n1. The first-order chi connectivity index (χ1) is 17.4. The number of amides is 1. The van der Waals surface area contributed by atoms with Crippen LogP contribution in [0.2, 0.25) is 0 Å². The predicted octanol–water partition coefficient (Wildman–Crippen LogP) is 3.91. The van der Waals surface area contributed by atoms with Gasteiger partial charge in [0.15, 0.2) is 5.82 Å². The Morgan fingerprint density at radius 1 is 1.08 bits per heavy atom. The molecule has 3 fully saturated rings. The van der Waals surface area contributed by atoms with Crippen molar-refractivity contribution in [2.45, 2.75) is 73.5 Å². The van der Waals surface area contributed by atoms with Gasteiger partial charge in [0.05, 0.1) is 10.9 Å². The molecule has 0 aliphatic heterocycles. The first kappa shape index (κ1) is 25.7. The summed E-state index contributed by atoms with van der Waals surface area (Å²) in [5.74, 6) is 0.845. The minimum atomic E-state index is -5.47. The van der Waals surface area contributed by atoms with E-state index in [1.165, 1.54) is 36.6 Å². The average Bonchev–Trinajstić information content (AvgIpc) is 3.75. The van der Waals surface area contributed by atoms with Crippen molar-refractivity contribution in [2.24, 2.45) is 17.6 Å². The summed E-state index contributed by atoms with van der Waals surface area (Å²) < 4.78 is 63.1. The third kappa shape index (κ3) is 5.37.